The zero-order chi connectivity index (χ0) is 24.1. The summed E-state index contributed by atoms with van der Waals surface area (Å²) < 4.78 is 2.07. The van der Waals surface area contributed by atoms with Crippen LogP contribution in [0.5, 0.6) is 0 Å². The molecule has 1 aliphatic carbocycles. The number of thioether (sulfide) groups is 1. The van der Waals surface area contributed by atoms with E-state index in [4.69, 9.17) is 0 Å². The summed E-state index contributed by atoms with van der Waals surface area (Å²) in [7, 11) is 0. The number of nitriles is 1. The molecule has 1 amide bonds. The molecule has 3 aromatic rings. The Labute approximate surface area is 205 Å². The number of nitrogens with one attached hydrogen (secondary N) is 1. The van der Waals surface area contributed by atoms with Gasteiger partial charge in [0.25, 0.3) is 0 Å². The molecule has 176 valence electrons. The molecule has 1 aliphatic rings. The molecule has 1 unspecified atom stereocenters. The van der Waals surface area contributed by atoms with Crippen molar-refractivity contribution in [3.05, 3.63) is 71.0 Å². The number of benzene rings is 2. The van der Waals surface area contributed by atoms with E-state index in [1.807, 2.05) is 25.1 Å². The first-order valence-corrected chi connectivity index (χ1v) is 12.7. The van der Waals surface area contributed by atoms with Crippen molar-refractivity contribution in [2.45, 2.75) is 75.2 Å². The van der Waals surface area contributed by atoms with Crippen LogP contribution in [0.2, 0.25) is 0 Å². The molecule has 0 saturated heterocycles. The van der Waals surface area contributed by atoms with Gasteiger partial charge >= 0.3 is 0 Å². The standard InChI is InChI=1S/C27H31N5OS/c1-19-12-13-23(20(2)16-19)32-24(17-22-10-6-4-7-11-22)30-31-26(32)34-21(3)25(33)29-27(18-28)14-8-5-9-15-27/h4,6-7,10-13,16,21H,5,8-9,14-15,17H2,1-3H3,(H,29,33). The highest BCUT2D eigenvalue weighted by atomic mass is 32.2. The molecule has 2 aromatic carbocycles. The average molecular weight is 474 g/mol. The van der Waals surface area contributed by atoms with Crippen LogP contribution in [0.1, 0.15) is 61.5 Å². The van der Waals surface area contributed by atoms with Crippen LogP contribution in [0.3, 0.4) is 0 Å². The maximum absolute atomic E-state index is 13.1. The van der Waals surface area contributed by atoms with Crippen molar-refractivity contribution in [2.75, 3.05) is 0 Å². The van der Waals surface area contributed by atoms with Crippen LogP contribution in [-0.4, -0.2) is 31.5 Å². The Kier molecular flexibility index (Phi) is 7.38. The van der Waals surface area contributed by atoms with Crippen LogP contribution in [0.4, 0.5) is 0 Å². The second-order valence-corrected chi connectivity index (χ2v) is 10.5. The molecule has 1 N–H and O–H groups in total. The number of hydrogen-bond donors (Lipinski definition) is 1. The minimum Gasteiger partial charge on any atom is -0.337 e. The van der Waals surface area contributed by atoms with Gasteiger partial charge in [0.15, 0.2) is 5.16 Å². The third-order valence-electron chi connectivity index (χ3n) is 6.43. The van der Waals surface area contributed by atoms with Crippen LogP contribution >= 0.6 is 11.8 Å². The molecule has 1 aromatic heterocycles. The van der Waals surface area contributed by atoms with Gasteiger partial charge in [-0.3, -0.25) is 9.36 Å². The molecular weight excluding hydrogens is 442 g/mol. The van der Waals surface area contributed by atoms with Gasteiger partial charge in [0.2, 0.25) is 5.91 Å². The van der Waals surface area contributed by atoms with Crippen LogP contribution in [0, 0.1) is 25.2 Å². The lowest BCUT2D eigenvalue weighted by Gasteiger charge is -2.32. The van der Waals surface area contributed by atoms with E-state index in [-0.39, 0.29) is 5.91 Å². The van der Waals surface area contributed by atoms with Crippen molar-refractivity contribution >= 4 is 17.7 Å². The smallest absolute Gasteiger partial charge is 0.234 e. The summed E-state index contributed by atoms with van der Waals surface area (Å²) in [6, 6.07) is 18.9. The Morgan fingerprint density at radius 2 is 1.88 bits per heavy atom. The molecule has 34 heavy (non-hydrogen) atoms. The second-order valence-electron chi connectivity index (χ2n) is 9.19. The molecule has 0 bridgehead atoms. The molecule has 1 atom stereocenters. The van der Waals surface area contributed by atoms with Gasteiger partial charge in [-0.25, -0.2) is 0 Å². The fourth-order valence-electron chi connectivity index (χ4n) is 4.54. The minimum atomic E-state index is -0.746. The average Bonchev–Trinajstić information content (AvgIpc) is 3.21. The molecule has 0 radical (unpaired) electrons. The van der Waals surface area contributed by atoms with E-state index < -0.39 is 10.8 Å². The van der Waals surface area contributed by atoms with E-state index in [1.165, 1.54) is 17.3 Å². The highest BCUT2D eigenvalue weighted by molar-refractivity contribution is 8.00. The van der Waals surface area contributed by atoms with Crippen LogP contribution in [0.25, 0.3) is 5.69 Å². The van der Waals surface area contributed by atoms with E-state index in [9.17, 15) is 10.1 Å². The first-order valence-electron chi connectivity index (χ1n) is 11.9. The number of rotatable bonds is 7. The second kappa shape index (κ2) is 10.4. The summed E-state index contributed by atoms with van der Waals surface area (Å²) in [4.78, 5) is 13.1. The van der Waals surface area contributed by atoms with Gasteiger partial charge in [-0.15, -0.1) is 10.2 Å². The molecule has 7 heteroatoms. The number of carbonyl (C=O) groups is 1. The predicted molar refractivity (Wildman–Crippen MR) is 135 cm³/mol. The number of nitrogens with zero attached hydrogens (tertiary/aromatic N) is 4. The van der Waals surface area contributed by atoms with Crippen molar-refractivity contribution in [1.82, 2.24) is 20.1 Å². The summed E-state index contributed by atoms with van der Waals surface area (Å²) in [5.74, 6) is 0.697. The van der Waals surface area contributed by atoms with E-state index in [0.29, 0.717) is 24.4 Å². The van der Waals surface area contributed by atoms with Crippen molar-refractivity contribution in [3.8, 4) is 11.8 Å². The van der Waals surface area contributed by atoms with E-state index in [1.54, 1.807) is 0 Å². The summed E-state index contributed by atoms with van der Waals surface area (Å²) >= 11 is 1.38. The van der Waals surface area contributed by atoms with Crippen molar-refractivity contribution in [1.29, 1.82) is 5.26 Å². The summed E-state index contributed by atoms with van der Waals surface area (Å²) in [6.07, 6.45) is 5.13. The lowest BCUT2D eigenvalue weighted by molar-refractivity contribution is -0.121. The van der Waals surface area contributed by atoms with Crippen molar-refractivity contribution < 1.29 is 4.79 Å². The normalized spacial score (nSPS) is 15.9. The van der Waals surface area contributed by atoms with Gasteiger partial charge < -0.3 is 5.32 Å². The zero-order valence-electron chi connectivity index (χ0n) is 20.0. The highest BCUT2D eigenvalue weighted by Crippen LogP contribution is 2.31. The highest BCUT2D eigenvalue weighted by Gasteiger charge is 2.35. The third kappa shape index (κ3) is 5.34. The lowest BCUT2D eigenvalue weighted by Crippen LogP contribution is -2.51. The van der Waals surface area contributed by atoms with Gasteiger partial charge in [-0.05, 0) is 50.8 Å². The number of hydrogen-bond acceptors (Lipinski definition) is 5. The fraction of sp³-hybridized carbons (Fsp3) is 0.407. The van der Waals surface area contributed by atoms with Crippen LogP contribution < -0.4 is 5.32 Å². The lowest BCUT2D eigenvalue weighted by atomic mass is 9.83. The number of aryl methyl sites for hydroxylation is 2. The van der Waals surface area contributed by atoms with E-state index in [0.717, 1.165) is 41.9 Å². The molecule has 4 rings (SSSR count). The van der Waals surface area contributed by atoms with E-state index >= 15 is 0 Å². The molecule has 0 spiro atoms. The topological polar surface area (TPSA) is 83.6 Å². The molecule has 1 heterocycles. The Balaban J connectivity index is 1.62. The van der Waals surface area contributed by atoms with Gasteiger partial charge in [0, 0.05) is 6.42 Å². The van der Waals surface area contributed by atoms with Crippen molar-refractivity contribution in [3.63, 3.8) is 0 Å². The SMILES string of the molecule is Cc1ccc(-n2c(Cc3ccccc3)nnc2SC(C)C(=O)NC2(C#N)CCCCC2)c(C)c1. The molecule has 6 nitrogen and oxygen atoms in total. The van der Waals surface area contributed by atoms with E-state index in [2.05, 4.69) is 70.3 Å². The Hall–Kier alpha value is -3.11. The first-order chi connectivity index (χ1) is 16.4. The van der Waals surface area contributed by atoms with Crippen molar-refractivity contribution in [2.24, 2.45) is 0 Å². The van der Waals surface area contributed by atoms with Gasteiger partial charge in [-0.1, -0.05) is 79.1 Å². The maximum atomic E-state index is 13.1. The zero-order valence-corrected chi connectivity index (χ0v) is 20.9. The van der Waals surface area contributed by atoms with Gasteiger partial charge in [0.1, 0.15) is 11.4 Å². The predicted octanol–water partition coefficient (Wildman–Crippen LogP) is 5.30. The van der Waals surface area contributed by atoms with Crippen LogP contribution in [-0.2, 0) is 11.2 Å². The third-order valence-corrected chi connectivity index (χ3v) is 7.48. The Bertz CT molecular complexity index is 1190. The molecule has 0 aliphatic heterocycles. The largest absolute Gasteiger partial charge is 0.337 e. The van der Waals surface area contributed by atoms with Gasteiger partial charge in [-0.2, -0.15) is 5.26 Å². The molecule has 1 fully saturated rings. The van der Waals surface area contributed by atoms with Crippen LogP contribution in [0.15, 0.2) is 53.7 Å². The number of carbonyl (C=O) groups excluding carboxylic acids is 1. The first kappa shape index (κ1) is 24.0. The van der Waals surface area contributed by atoms with Gasteiger partial charge in [0.05, 0.1) is 17.0 Å². The quantitative estimate of drug-likeness (QED) is 0.471. The Morgan fingerprint density at radius 3 is 2.56 bits per heavy atom. The minimum absolute atomic E-state index is 0.131. The molecular formula is C27H31N5OS. The number of amides is 1. The summed E-state index contributed by atoms with van der Waals surface area (Å²) in [6.45, 7) is 6.02. The maximum Gasteiger partial charge on any atom is 0.234 e. The fourth-order valence-corrected chi connectivity index (χ4v) is 5.42. The Morgan fingerprint density at radius 1 is 1.15 bits per heavy atom. The number of aromatic nitrogens is 3. The molecule has 1 saturated carbocycles. The summed E-state index contributed by atoms with van der Waals surface area (Å²) in [5, 5.41) is 22.1. The summed E-state index contributed by atoms with van der Waals surface area (Å²) in [5.41, 5.74) is 3.73. The monoisotopic (exact) mass is 473 g/mol.